The minimum atomic E-state index is -0.572. The molecule has 4 rings (SSSR count). The van der Waals surface area contributed by atoms with Crippen LogP contribution in [0.3, 0.4) is 0 Å². The van der Waals surface area contributed by atoms with Gasteiger partial charge < -0.3 is 19.7 Å². The van der Waals surface area contributed by atoms with E-state index in [1.807, 2.05) is 29.3 Å². The highest BCUT2D eigenvalue weighted by atomic mass is 16.5. The van der Waals surface area contributed by atoms with Crippen LogP contribution in [0.5, 0.6) is 11.5 Å². The Morgan fingerprint density at radius 3 is 3.00 bits per heavy atom. The number of benzene rings is 1. The van der Waals surface area contributed by atoms with Crippen molar-refractivity contribution in [1.29, 1.82) is 0 Å². The molecule has 1 saturated heterocycles. The second-order valence-electron chi connectivity index (χ2n) is 7.69. The van der Waals surface area contributed by atoms with Gasteiger partial charge >= 0.3 is 0 Å². The zero-order valence-electron chi connectivity index (χ0n) is 17.1. The fourth-order valence-electron chi connectivity index (χ4n) is 3.97. The first-order valence-corrected chi connectivity index (χ1v) is 10.3. The van der Waals surface area contributed by atoms with Crippen LogP contribution in [0.4, 0.5) is 0 Å². The normalized spacial score (nSPS) is 19.9. The number of carbonyl (C=O) groups is 1. The molecule has 154 valence electrons. The number of methoxy groups -OCH3 is 1. The Morgan fingerprint density at radius 1 is 1.34 bits per heavy atom. The summed E-state index contributed by atoms with van der Waals surface area (Å²) in [4.78, 5) is 24.2. The van der Waals surface area contributed by atoms with Crippen LogP contribution in [-0.4, -0.2) is 53.6 Å². The maximum atomic E-state index is 12.9. The van der Waals surface area contributed by atoms with Crippen molar-refractivity contribution in [3.63, 3.8) is 0 Å². The lowest BCUT2D eigenvalue weighted by molar-refractivity contribution is -0.138. The SMILES string of the molecule is COc1cccc(O[C@H](C)C(=O)N2CCc3nc([C@@H]4CCCNC4)ncc3C2)c1. The van der Waals surface area contributed by atoms with Crippen molar-refractivity contribution in [3.8, 4) is 11.5 Å². The number of fused-ring (bicyclic) bond motifs is 1. The molecule has 0 aliphatic carbocycles. The summed E-state index contributed by atoms with van der Waals surface area (Å²) in [6, 6.07) is 7.30. The number of aromatic nitrogens is 2. The average Bonchev–Trinajstić information content (AvgIpc) is 2.78. The Morgan fingerprint density at radius 2 is 2.21 bits per heavy atom. The third-order valence-corrected chi connectivity index (χ3v) is 5.63. The molecule has 1 fully saturated rings. The van der Waals surface area contributed by atoms with Gasteiger partial charge in [-0.2, -0.15) is 0 Å². The first-order chi connectivity index (χ1) is 14.1. The number of nitrogens with one attached hydrogen (secondary N) is 1. The van der Waals surface area contributed by atoms with E-state index in [0.717, 1.165) is 43.0 Å². The van der Waals surface area contributed by atoms with Gasteiger partial charge in [0, 0.05) is 49.8 Å². The van der Waals surface area contributed by atoms with Crippen molar-refractivity contribution in [2.75, 3.05) is 26.7 Å². The fraction of sp³-hybridized carbons (Fsp3) is 0.500. The summed E-state index contributed by atoms with van der Waals surface area (Å²) in [5.74, 6) is 2.63. The molecule has 7 heteroatoms. The molecule has 0 radical (unpaired) electrons. The minimum absolute atomic E-state index is 0.0287. The van der Waals surface area contributed by atoms with Gasteiger partial charge in [0.1, 0.15) is 17.3 Å². The molecule has 3 heterocycles. The highest BCUT2D eigenvalue weighted by Gasteiger charge is 2.28. The Labute approximate surface area is 171 Å². The summed E-state index contributed by atoms with van der Waals surface area (Å²) in [5.41, 5.74) is 2.11. The third-order valence-electron chi connectivity index (χ3n) is 5.63. The van der Waals surface area contributed by atoms with E-state index in [-0.39, 0.29) is 5.91 Å². The number of nitrogens with zero attached hydrogens (tertiary/aromatic N) is 3. The Hall–Kier alpha value is -2.67. The lowest BCUT2D eigenvalue weighted by Gasteiger charge is -2.31. The van der Waals surface area contributed by atoms with Crippen LogP contribution in [0.15, 0.2) is 30.5 Å². The van der Waals surface area contributed by atoms with E-state index in [0.29, 0.717) is 30.5 Å². The lowest BCUT2D eigenvalue weighted by atomic mass is 9.98. The van der Waals surface area contributed by atoms with Crippen molar-refractivity contribution in [2.24, 2.45) is 0 Å². The number of rotatable bonds is 5. The first-order valence-electron chi connectivity index (χ1n) is 10.3. The van der Waals surface area contributed by atoms with Crippen molar-refractivity contribution >= 4 is 5.91 Å². The maximum Gasteiger partial charge on any atom is 0.263 e. The van der Waals surface area contributed by atoms with Crippen LogP contribution in [0.2, 0.25) is 0 Å². The van der Waals surface area contributed by atoms with Gasteiger partial charge in [0.05, 0.1) is 12.8 Å². The van der Waals surface area contributed by atoms with E-state index in [1.165, 1.54) is 6.42 Å². The van der Waals surface area contributed by atoms with E-state index in [2.05, 4.69) is 10.3 Å². The molecule has 7 nitrogen and oxygen atoms in total. The lowest BCUT2D eigenvalue weighted by Crippen LogP contribution is -2.43. The Kier molecular flexibility index (Phi) is 5.94. The molecular weight excluding hydrogens is 368 g/mol. The van der Waals surface area contributed by atoms with Crippen LogP contribution in [0.25, 0.3) is 0 Å². The van der Waals surface area contributed by atoms with Gasteiger partial charge in [-0.25, -0.2) is 9.97 Å². The minimum Gasteiger partial charge on any atom is -0.497 e. The van der Waals surface area contributed by atoms with Crippen molar-refractivity contribution in [1.82, 2.24) is 20.2 Å². The monoisotopic (exact) mass is 396 g/mol. The molecular formula is C22H28N4O3. The molecule has 1 aromatic carbocycles. The van der Waals surface area contributed by atoms with Crippen LogP contribution >= 0.6 is 0 Å². The zero-order valence-corrected chi connectivity index (χ0v) is 17.1. The molecule has 0 saturated carbocycles. The van der Waals surface area contributed by atoms with Gasteiger partial charge in [0.2, 0.25) is 0 Å². The summed E-state index contributed by atoms with van der Waals surface area (Å²) in [7, 11) is 1.61. The molecule has 0 spiro atoms. The summed E-state index contributed by atoms with van der Waals surface area (Å²) in [5, 5.41) is 3.42. The van der Waals surface area contributed by atoms with Crippen LogP contribution in [0.1, 0.15) is 42.8 Å². The number of carbonyl (C=O) groups excluding carboxylic acids is 1. The molecule has 1 N–H and O–H groups in total. The maximum absolute atomic E-state index is 12.9. The van der Waals surface area contributed by atoms with E-state index in [1.54, 1.807) is 20.1 Å². The van der Waals surface area contributed by atoms with Crippen molar-refractivity contribution in [2.45, 2.75) is 44.8 Å². The summed E-state index contributed by atoms with van der Waals surface area (Å²) >= 11 is 0. The molecule has 2 aliphatic heterocycles. The zero-order chi connectivity index (χ0) is 20.2. The van der Waals surface area contributed by atoms with Crippen LogP contribution in [0, 0.1) is 0 Å². The van der Waals surface area contributed by atoms with Crippen molar-refractivity contribution < 1.29 is 14.3 Å². The summed E-state index contributed by atoms with van der Waals surface area (Å²) in [6.07, 6.45) is 4.38. The second kappa shape index (κ2) is 8.78. The van der Waals surface area contributed by atoms with E-state index >= 15 is 0 Å². The fourth-order valence-corrected chi connectivity index (χ4v) is 3.97. The molecule has 0 bridgehead atoms. The molecule has 0 unspecified atom stereocenters. The van der Waals surface area contributed by atoms with E-state index in [4.69, 9.17) is 14.5 Å². The van der Waals surface area contributed by atoms with Gasteiger partial charge in [-0.1, -0.05) is 6.07 Å². The number of amides is 1. The smallest absolute Gasteiger partial charge is 0.263 e. The van der Waals surface area contributed by atoms with E-state index in [9.17, 15) is 4.79 Å². The number of hydrogen-bond donors (Lipinski definition) is 1. The number of ether oxygens (including phenoxy) is 2. The molecule has 1 aromatic heterocycles. The second-order valence-corrected chi connectivity index (χ2v) is 7.69. The Balaban J connectivity index is 1.40. The van der Waals surface area contributed by atoms with E-state index < -0.39 is 6.10 Å². The molecule has 2 atom stereocenters. The third kappa shape index (κ3) is 4.50. The van der Waals surface area contributed by atoms with Crippen LogP contribution in [-0.2, 0) is 17.8 Å². The van der Waals surface area contributed by atoms with Gasteiger partial charge in [-0.3, -0.25) is 4.79 Å². The van der Waals surface area contributed by atoms with Gasteiger partial charge in [0.15, 0.2) is 6.10 Å². The molecule has 2 aromatic rings. The van der Waals surface area contributed by atoms with Crippen LogP contribution < -0.4 is 14.8 Å². The standard InChI is InChI=1S/C22H28N4O3/c1-15(29-19-7-3-6-18(11-19)28-2)22(27)26-10-8-20-17(14-26)13-24-21(25-20)16-5-4-9-23-12-16/h3,6-7,11,13,15-16,23H,4-5,8-10,12,14H2,1-2H3/t15-,16-/m1/s1. The molecule has 1 amide bonds. The summed E-state index contributed by atoms with van der Waals surface area (Å²) < 4.78 is 11.1. The topological polar surface area (TPSA) is 76.6 Å². The van der Waals surface area contributed by atoms with Gasteiger partial charge in [0.25, 0.3) is 5.91 Å². The molecule has 29 heavy (non-hydrogen) atoms. The number of piperidine rings is 1. The first kappa shape index (κ1) is 19.6. The highest BCUT2D eigenvalue weighted by Crippen LogP contribution is 2.24. The quantitative estimate of drug-likeness (QED) is 0.836. The average molecular weight is 396 g/mol. The van der Waals surface area contributed by atoms with Crippen molar-refractivity contribution in [3.05, 3.63) is 47.5 Å². The number of hydrogen-bond acceptors (Lipinski definition) is 6. The Bertz CT molecular complexity index is 867. The predicted octanol–water partition coefficient (Wildman–Crippen LogP) is 2.30. The highest BCUT2D eigenvalue weighted by molar-refractivity contribution is 5.81. The largest absolute Gasteiger partial charge is 0.497 e. The molecule has 2 aliphatic rings. The van der Waals surface area contributed by atoms with Gasteiger partial charge in [-0.05, 0) is 38.4 Å². The summed E-state index contributed by atoms with van der Waals surface area (Å²) in [6.45, 7) is 4.99. The predicted molar refractivity (Wildman–Crippen MR) is 109 cm³/mol. The van der Waals surface area contributed by atoms with Gasteiger partial charge in [-0.15, -0.1) is 0 Å².